The van der Waals surface area contributed by atoms with E-state index in [0.29, 0.717) is 11.7 Å². The number of thioether (sulfide) groups is 1. The zero-order chi connectivity index (χ0) is 17.5. The van der Waals surface area contributed by atoms with Crippen LogP contribution in [0.4, 0.5) is 0 Å². The molecule has 6 nitrogen and oxygen atoms in total. The predicted molar refractivity (Wildman–Crippen MR) is 98.7 cm³/mol. The third kappa shape index (κ3) is 4.92. The van der Waals surface area contributed by atoms with Gasteiger partial charge in [0.2, 0.25) is 11.1 Å². The molecule has 1 atom stereocenters. The average Bonchev–Trinajstić information content (AvgIpc) is 3.11. The molecule has 1 aliphatic carbocycles. The molecule has 25 heavy (non-hydrogen) atoms. The van der Waals surface area contributed by atoms with Crippen molar-refractivity contribution in [3.63, 3.8) is 0 Å². The minimum atomic E-state index is -0.256. The molecule has 0 fully saturated rings. The van der Waals surface area contributed by atoms with Gasteiger partial charge in [0, 0.05) is 6.54 Å². The quantitative estimate of drug-likeness (QED) is 0.609. The van der Waals surface area contributed by atoms with Gasteiger partial charge in [0.05, 0.1) is 10.9 Å². The molecule has 0 bridgehead atoms. The Morgan fingerprint density at radius 1 is 1.32 bits per heavy atom. The maximum absolute atomic E-state index is 12.3. The molecule has 0 saturated carbocycles. The van der Waals surface area contributed by atoms with Gasteiger partial charge < -0.3 is 5.32 Å². The van der Waals surface area contributed by atoms with Crippen LogP contribution < -0.4 is 5.32 Å². The fourth-order valence-corrected chi connectivity index (χ4v) is 3.65. The normalized spacial score (nSPS) is 15.5. The molecule has 7 heteroatoms. The van der Waals surface area contributed by atoms with Crippen LogP contribution in [0, 0.1) is 0 Å². The van der Waals surface area contributed by atoms with Crippen molar-refractivity contribution in [3.05, 3.63) is 42.0 Å². The lowest BCUT2D eigenvalue weighted by Gasteiger charge is -2.14. The predicted octanol–water partition coefficient (Wildman–Crippen LogP) is 3.15. The van der Waals surface area contributed by atoms with E-state index in [1.165, 1.54) is 43.0 Å². The lowest BCUT2D eigenvalue weighted by atomic mass is 9.97. The van der Waals surface area contributed by atoms with Gasteiger partial charge in [-0.15, -0.1) is 5.10 Å². The van der Waals surface area contributed by atoms with Gasteiger partial charge >= 0.3 is 0 Å². The smallest absolute Gasteiger partial charge is 0.233 e. The summed E-state index contributed by atoms with van der Waals surface area (Å²) >= 11 is 1.37. The van der Waals surface area contributed by atoms with Crippen molar-refractivity contribution in [2.45, 2.75) is 49.4 Å². The summed E-state index contributed by atoms with van der Waals surface area (Å²) in [7, 11) is 0. The van der Waals surface area contributed by atoms with E-state index in [0.717, 1.165) is 12.1 Å². The standard InChI is InChI=1S/C18H23N5OS/c1-14(17(24)19-13-12-15-8-4-2-5-9-15)25-18-20-21-22-23(18)16-10-6-3-7-11-16/h3,6-8,10-11,14H,2,4-5,9,12-13H2,1H3,(H,19,24)/t14-/m0/s1. The molecule has 1 amide bonds. The van der Waals surface area contributed by atoms with Crippen LogP contribution in [0.5, 0.6) is 0 Å². The van der Waals surface area contributed by atoms with E-state index in [1.807, 2.05) is 37.3 Å². The fraction of sp³-hybridized carbons (Fsp3) is 0.444. The molecule has 0 saturated heterocycles. The molecule has 1 N–H and O–H groups in total. The number of nitrogens with one attached hydrogen (secondary N) is 1. The minimum Gasteiger partial charge on any atom is -0.355 e. The molecule has 2 aromatic rings. The fourth-order valence-electron chi connectivity index (χ4n) is 2.82. The highest BCUT2D eigenvalue weighted by molar-refractivity contribution is 8.00. The van der Waals surface area contributed by atoms with E-state index in [-0.39, 0.29) is 11.2 Å². The van der Waals surface area contributed by atoms with Crippen molar-refractivity contribution in [2.75, 3.05) is 6.54 Å². The third-order valence-electron chi connectivity index (χ3n) is 4.22. The van der Waals surface area contributed by atoms with Crippen LogP contribution in [0.3, 0.4) is 0 Å². The molecule has 0 aliphatic heterocycles. The van der Waals surface area contributed by atoms with E-state index >= 15 is 0 Å². The lowest BCUT2D eigenvalue weighted by molar-refractivity contribution is -0.120. The Morgan fingerprint density at radius 2 is 2.16 bits per heavy atom. The highest BCUT2D eigenvalue weighted by Crippen LogP contribution is 2.23. The monoisotopic (exact) mass is 357 g/mol. The SMILES string of the molecule is C[C@H](Sc1nnnn1-c1ccccc1)C(=O)NCCC1=CCCCC1. The average molecular weight is 357 g/mol. The first kappa shape index (κ1) is 17.7. The maximum atomic E-state index is 12.3. The Kier molecular flexibility index (Phi) is 6.22. The van der Waals surface area contributed by atoms with Crippen LogP contribution in [0.1, 0.15) is 39.0 Å². The number of carbonyl (C=O) groups is 1. The topological polar surface area (TPSA) is 72.7 Å². The molecule has 3 rings (SSSR count). The third-order valence-corrected chi connectivity index (χ3v) is 5.26. The van der Waals surface area contributed by atoms with Crippen LogP contribution in [-0.2, 0) is 4.79 Å². The van der Waals surface area contributed by atoms with Gasteiger partial charge in [0.25, 0.3) is 0 Å². The number of tetrazole rings is 1. The summed E-state index contributed by atoms with van der Waals surface area (Å²) in [5.74, 6) is 0.0176. The van der Waals surface area contributed by atoms with Crippen molar-refractivity contribution in [1.29, 1.82) is 0 Å². The van der Waals surface area contributed by atoms with Crippen molar-refractivity contribution in [2.24, 2.45) is 0 Å². The van der Waals surface area contributed by atoms with Gasteiger partial charge in [0.1, 0.15) is 0 Å². The molecule has 0 radical (unpaired) electrons. The summed E-state index contributed by atoms with van der Waals surface area (Å²) in [6.07, 6.45) is 8.18. The van der Waals surface area contributed by atoms with E-state index < -0.39 is 0 Å². The number of hydrogen-bond acceptors (Lipinski definition) is 5. The molecule has 1 heterocycles. The number of benzene rings is 1. The number of allylic oxidation sites excluding steroid dienone is 1. The van der Waals surface area contributed by atoms with Gasteiger partial charge in [0.15, 0.2) is 0 Å². The number of para-hydroxylation sites is 1. The molecule has 1 aromatic carbocycles. The molecule has 0 spiro atoms. The second-order valence-electron chi connectivity index (χ2n) is 6.12. The van der Waals surface area contributed by atoms with E-state index in [9.17, 15) is 4.79 Å². The number of aromatic nitrogens is 4. The second kappa shape index (κ2) is 8.80. The molecule has 0 unspecified atom stereocenters. The molecule has 1 aromatic heterocycles. The summed E-state index contributed by atoms with van der Waals surface area (Å²) in [4.78, 5) is 12.3. The second-order valence-corrected chi connectivity index (χ2v) is 7.43. The zero-order valence-corrected chi connectivity index (χ0v) is 15.2. The number of amides is 1. The van der Waals surface area contributed by atoms with Gasteiger partial charge in [-0.1, -0.05) is 41.6 Å². The Hall–Kier alpha value is -2.15. The highest BCUT2D eigenvalue weighted by atomic mass is 32.2. The van der Waals surface area contributed by atoms with E-state index in [2.05, 4.69) is 26.9 Å². The van der Waals surface area contributed by atoms with Crippen LogP contribution in [-0.4, -0.2) is 37.9 Å². The van der Waals surface area contributed by atoms with E-state index in [4.69, 9.17) is 0 Å². The van der Waals surface area contributed by atoms with Crippen LogP contribution in [0.2, 0.25) is 0 Å². The first-order valence-corrected chi connectivity index (χ1v) is 9.58. The Bertz CT molecular complexity index is 728. The Balaban J connectivity index is 1.52. The molecular formula is C18H23N5OS. The highest BCUT2D eigenvalue weighted by Gasteiger charge is 2.19. The number of nitrogens with zero attached hydrogens (tertiary/aromatic N) is 4. The molecular weight excluding hydrogens is 334 g/mol. The number of hydrogen-bond donors (Lipinski definition) is 1. The van der Waals surface area contributed by atoms with Gasteiger partial charge in [-0.25, -0.2) is 0 Å². The van der Waals surface area contributed by atoms with Gasteiger partial charge in [-0.3, -0.25) is 4.79 Å². The zero-order valence-electron chi connectivity index (χ0n) is 14.4. The summed E-state index contributed by atoms with van der Waals surface area (Å²) in [5, 5.41) is 15.2. The van der Waals surface area contributed by atoms with Crippen molar-refractivity contribution >= 4 is 17.7 Å². The lowest BCUT2D eigenvalue weighted by Crippen LogP contribution is -2.32. The van der Waals surface area contributed by atoms with Crippen molar-refractivity contribution < 1.29 is 4.79 Å². The Morgan fingerprint density at radius 3 is 2.92 bits per heavy atom. The van der Waals surface area contributed by atoms with E-state index in [1.54, 1.807) is 4.68 Å². The summed E-state index contributed by atoms with van der Waals surface area (Å²) < 4.78 is 1.65. The van der Waals surface area contributed by atoms with Crippen LogP contribution in [0.25, 0.3) is 5.69 Å². The number of rotatable bonds is 7. The summed E-state index contributed by atoms with van der Waals surface area (Å²) in [5.41, 5.74) is 2.35. The van der Waals surface area contributed by atoms with Crippen LogP contribution >= 0.6 is 11.8 Å². The Labute approximate surface area is 152 Å². The van der Waals surface area contributed by atoms with Crippen molar-refractivity contribution in [3.8, 4) is 5.69 Å². The maximum Gasteiger partial charge on any atom is 0.233 e. The van der Waals surface area contributed by atoms with Gasteiger partial charge in [-0.2, -0.15) is 4.68 Å². The summed E-state index contributed by atoms with van der Waals surface area (Å²) in [6, 6.07) is 9.67. The first-order chi connectivity index (χ1) is 12.2. The number of carbonyl (C=O) groups excluding carboxylic acids is 1. The minimum absolute atomic E-state index is 0.0176. The van der Waals surface area contributed by atoms with Gasteiger partial charge in [-0.05, 0) is 61.6 Å². The summed E-state index contributed by atoms with van der Waals surface area (Å²) in [6.45, 7) is 2.57. The van der Waals surface area contributed by atoms with Crippen LogP contribution in [0.15, 0.2) is 47.1 Å². The molecule has 1 aliphatic rings. The first-order valence-electron chi connectivity index (χ1n) is 8.70. The molecule has 132 valence electrons. The largest absolute Gasteiger partial charge is 0.355 e. The van der Waals surface area contributed by atoms with Crippen molar-refractivity contribution in [1.82, 2.24) is 25.5 Å².